The molecule has 0 aliphatic heterocycles. The third kappa shape index (κ3) is 7.57. The van der Waals surface area contributed by atoms with E-state index in [1.54, 1.807) is 44.4 Å². The maximum atomic E-state index is 13.3. The molecule has 2 aromatic rings. The van der Waals surface area contributed by atoms with E-state index in [9.17, 15) is 9.59 Å². The van der Waals surface area contributed by atoms with Gasteiger partial charge in [0.2, 0.25) is 5.91 Å². The Morgan fingerprint density at radius 2 is 1.41 bits per heavy atom. The average molecular weight is 473 g/mol. The van der Waals surface area contributed by atoms with Crippen LogP contribution in [0, 0.1) is 0 Å². The quantitative estimate of drug-likeness (QED) is 0.477. The summed E-state index contributed by atoms with van der Waals surface area (Å²) in [5.41, 5.74) is 0.881. The van der Waals surface area contributed by atoms with Crippen molar-refractivity contribution in [2.24, 2.45) is 0 Å². The lowest BCUT2D eigenvalue weighted by molar-refractivity contribution is -0.143. The van der Waals surface area contributed by atoms with Crippen LogP contribution in [-0.4, -0.2) is 56.7 Å². The van der Waals surface area contributed by atoms with Gasteiger partial charge in [-0.2, -0.15) is 0 Å². The number of benzene rings is 2. The first-order valence-electron chi connectivity index (χ1n) is 11.4. The van der Waals surface area contributed by atoms with Crippen molar-refractivity contribution in [1.82, 2.24) is 10.2 Å². The first-order valence-corrected chi connectivity index (χ1v) is 11.4. The van der Waals surface area contributed by atoms with Gasteiger partial charge in [0.15, 0.2) is 6.61 Å². The van der Waals surface area contributed by atoms with Gasteiger partial charge in [-0.15, -0.1) is 0 Å². The van der Waals surface area contributed by atoms with Crippen LogP contribution < -0.4 is 24.3 Å². The highest BCUT2D eigenvalue weighted by molar-refractivity contribution is 5.88. The average Bonchev–Trinajstić information content (AvgIpc) is 2.86. The van der Waals surface area contributed by atoms with Gasteiger partial charge in [0.1, 0.15) is 29.0 Å². The van der Waals surface area contributed by atoms with E-state index in [-0.39, 0.29) is 31.0 Å². The molecule has 0 aromatic heterocycles. The molecule has 0 saturated heterocycles. The Morgan fingerprint density at radius 1 is 0.853 bits per heavy atom. The van der Waals surface area contributed by atoms with Crippen LogP contribution in [0.3, 0.4) is 0 Å². The van der Waals surface area contributed by atoms with Gasteiger partial charge in [-0.05, 0) is 37.5 Å². The van der Waals surface area contributed by atoms with Crippen LogP contribution in [0.5, 0.6) is 23.0 Å². The van der Waals surface area contributed by atoms with E-state index >= 15 is 0 Å². The summed E-state index contributed by atoms with van der Waals surface area (Å²) < 4.78 is 21.5. The standard InChI is InChI=1S/C26H36N2O6/c1-7-18(3)27-26(30)24(8-2)28(16-19-9-11-20(31-4)12-10-19)25(29)17-34-23-14-21(32-5)13-22(15-23)33-6/h9-15,18,24H,7-8,16-17H2,1-6H3,(H,27,30). The van der Waals surface area contributed by atoms with E-state index in [1.807, 2.05) is 45.0 Å². The van der Waals surface area contributed by atoms with E-state index in [2.05, 4.69) is 5.32 Å². The Balaban J connectivity index is 2.25. The fourth-order valence-electron chi connectivity index (χ4n) is 3.38. The molecule has 2 atom stereocenters. The summed E-state index contributed by atoms with van der Waals surface area (Å²) in [4.78, 5) is 27.9. The molecule has 2 amide bonds. The first-order chi connectivity index (χ1) is 16.3. The summed E-state index contributed by atoms with van der Waals surface area (Å²) in [5, 5.41) is 3.00. The molecule has 2 unspecified atom stereocenters. The largest absolute Gasteiger partial charge is 0.497 e. The molecule has 0 radical (unpaired) electrons. The number of carbonyl (C=O) groups excluding carboxylic acids is 2. The van der Waals surface area contributed by atoms with Crippen molar-refractivity contribution in [2.75, 3.05) is 27.9 Å². The van der Waals surface area contributed by atoms with Crippen LogP contribution in [-0.2, 0) is 16.1 Å². The van der Waals surface area contributed by atoms with E-state index in [0.29, 0.717) is 23.7 Å². The van der Waals surface area contributed by atoms with Crippen molar-refractivity contribution in [2.45, 2.75) is 52.2 Å². The molecule has 0 aliphatic rings. The summed E-state index contributed by atoms with van der Waals surface area (Å²) in [6.07, 6.45) is 1.27. The molecule has 8 nitrogen and oxygen atoms in total. The highest BCUT2D eigenvalue weighted by Crippen LogP contribution is 2.27. The Hall–Kier alpha value is -3.42. The van der Waals surface area contributed by atoms with Gasteiger partial charge in [0, 0.05) is 30.8 Å². The Bertz CT molecular complexity index is 909. The van der Waals surface area contributed by atoms with Gasteiger partial charge in [0.25, 0.3) is 5.91 Å². The molecule has 0 heterocycles. The monoisotopic (exact) mass is 472 g/mol. The second-order valence-electron chi connectivity index (χ2n) is 7.95. The van der Waals surface area contributed by atoms with E-state index < -0.39 is 6.04 Å². The van der Waals surface area contributed by atoms with E-state index in [4.69, 9.17) is 18.9 Å². The summed E-state index contributed by atoms with van der Waals surface area (Å²) in [5.74, 6) is 1.78. The third-order valence-corrected chi connectivity index (χ3v) is 5.59. The second kappa shape index (κ2) is 13.3. The summed E-state index contributed by atoms with van der Waals surface area (Å²) in [6.45, 7) is 5.87. The lowest BCUT2D eigenvalue weighted by Crippen LogP contribution is -2.51. The molecule has 2 aromatic carbocycles. The number of hydrogen-bond donors (Lipinski definition) is 1. The van der Waals surface area contributed by atoms with Crippen LogP contribution in [0.15, 0.2) is 42.5 Å². The fourth-order valence-corrected chi connectivity index (χ4v) is 3.38. The predicted octanol–water partition coefficient (Wildman–Crippen LogP) is 3.81. The first kappa shape index (κ1) is 26.8. The van der Waals surface area contributed by atoms with Crippen molar-refractivity contribution in [3.05, 3.63) is 48.0 Å². The minimum atomic E-state index is -0.632. The highest BCUT2D eigenvalue weighted by atomic mass is 16.5. The highest BCUT2D eigenvalue weighted by Gasteiger charge is 2.29. The molecule has 34 heavy (non-hydrogen) atoms. The maximum Gasteiger partial charge on any atom is 0.261 e. The lowest BCUT2D eigenvalue weighted by atomic mass is 10.1. The van der Waals surface area contributed by atoms with E-state index in [1.165, 1.54) is 0 Å². The predicted molar refractivity (Wildman–Crippen MR) is 131 cm³/mol. The number of methoxy groups -OCH3 is 3. The number of hydrogen-bond acceptors (Lipinski definition) is 6. The molecule has 1 N–H and O–H groups in total. The normalized spacial score (nSPS) is 12.3. The van der Waals surface area contributed by atoms with Gasteiger partial charge < -0.3 is 29.2 Å². The Morgan fingerprint density at radius 3 is 1.91 bits per heavy atom. The van der Waals surface area contributed by atoms with Crippen LogP contribution in [0.2, 0.25) is 0 Å². The van der Waals surface area contributed by atoms with Crippen molar-refractivity contribution in [3.8, 4) is 23.0 Å². The van der Waals surface area contributed by atoms with Crippen LogP contribution in [0.4, 0.5) is 0 Å². The van der Waals surface area contributed by atoms with Gasteiger partial charge >= 0.3 is 0 Å². The SMILES string of the molecule is CCC(C)NC(=O)C(CC)N(Cc1ccc(OC)cc1)C(=O)COc1cc(OC)cc(OC)c1. The van der Waals surface area contributed by atoms with Gasteiger partial charge in [0.05, 0.1) is 21.3 Å². The molecule has 186 valence electrons. The molecule has 8 heteroatoms. The van der Waals surface area contributed by atoms with Crippen molar-refractivity contribution in [1.29, 1.82) is 0 Å². The van der Waals surface area contributed by atoms with Gasteiger partial charge in [-0.3, -0.25) is 9.59 Å². The summed E-state index contributed by atoms with van der Waals surface area (Å²) >= 11 is 0. The number of rotatable bonds is 13. The zero-order valence-electron chi connectivity index (χ0n) is 20.9. The molecular formula is C26H36N2O6. The number of carbonyl (C=O) groups is 2. The van der Waals surface area contributed by atoms with Gasteiger partial charge in [-0.25, -0.2) is 0 Å². The zero-order valence-corrected chi connectivity index (χ0v) is 20.9. The molecule has 0 spiro atoms. The number of nitrogens with one attached hydrogen (secondary N) is 1. The molecule has 0 bridgehead atoms. The topological polar surface area (TPSA) is 86.3 Å². The molecule has 0 aliphatic carbocycles. The number of amides is 2. The number of ether oxygens (including phenoxy) is 4. The van der Waals surface area contributed by atoms with E-state index in [0.717, 1.165) is 17.7 Å². The Labute approximate surface area is 202 Å². The smallest absolute Gasteiger partial charge is 0.261 e. The minimum Gasteiger partial charge on any atom is -0.497 e. The molecule has 2 rings (SSSR count). The maximum absolute atomic E-state index is 13.3. The van der Waals surface area contributed by atoms with Crippen molar-refractivity contribution >= 4 is 11.8 Å². The van der Waals surface area contributed by atoms with Gasteiger partial charge in [-0.1, -0.05) is 26.0 Å². The molecule has 0 saturated carbocycles. The van der Waals surface area contributed by atoms with Crippen molar-refractivity contribution < 1.29 is 28.5 Å². The molecule has 0 fully saturated rings. The summed E-state index contributed by atoms with van der Waals surface area (Å²) in [6, 6.07) is 11.9. The summed E-state index contributed by atoms with van der Waals surface area (Å²) in [7, 11) is 4.69. The number of nitrogens with zero attached hydrogens (tertiary/aromatic N) is 1. The second-order valence-corrected chi connectivity index (χ2v) is 7.95. The Kier molecular flexibility index (Phi) is 10.5. The fraction of sp³-hybridized carbons (Fsp3) is 0.462. The minimum absolute atomic E-state index is 0.0139. The zero-order chi connectivity index (χ0) is 25.1. The van der Waals surface area contributed by atoms with Crippen LogP contribution >= 0.6 is 0 Å². The van der Waals surface area contributed by atoms with Crippen molar-refractivity contribution in [3.63, 3.8) is 0 Å². The van der Waals surface area contributed by atoms with Crippen LogP contribution in [0.1, 0.15) is 39.2 Å². The molecular weight excluding hydrogens is 436 g/mol. The third-order valence-electron chi connectivity index (χ3n) is 5.59. The van der Waals surface area contributed by atoms with Crippen LogP contribution in [0.25, 0.3) is 0 Å². The lowest BCUT2D eigenvalue weighted by Gasteiger charge is -2.31.